The van der Waals surface area contributed by atoms with Crippen LogP contribution in [0.1, 0.15) is 103 Å². The topological polar surface area (TPSA) is 156 Å². The van der Waals surface area contributed by atoms with Gasteiger partial charge in [-0.15, -0.1) is 0 Å². The van der Waals surface area contributed by atoms with Crippen LogP contribution >= 0.6 is 0 Å². The second-order valence-corrected chi connectivity index (χ2v) is 13.7. The molecular formula is C34H56N2O6. The van der Waals surface area contributed by atoms with Crippen LogP contribution in [0.2, 0.25) is 0 Å². The van der Waals surface area contributed by atoms with Crippen molar-refractivity contribution in [2.75, 3.05) is 6.54 Å². The molecule has 0 amide bonds. The molecule has 0 aromatic rings. The van der Waals surface area contributed by atoms with Crippen LogP contribution in [-0.4, -0.2) is 62.0 Å². The minimum Gasteiger partial charge on any atom is -0.481 e. The van der Waals surface area contributed by atoms with E-state index < -0.39 is 29.7 Å². The van der Waals surface area contributed by atoms with E-state index in [2.05, 4.69) is 30.5 Å². The summed E-state index contributed by atoms with van der Waals surface area (Å²) in [5, 5.41) is 57.0. The Bertz CT molecular complexity index is 981. The molecule has 1 aliphatic heterocycles. The lowest BCUT2D eigenvalue weighted by molar-refractivity contribution is -0.147. The number of aliphatic carboxylic acids is 1. The van der Waals surface area contributed by atoms with Crippen molar-refractivity contribution < 1.29 is 30.3 Å². The number of carbonyl (C=O) groups is 1. The lowest BCUT2D eigenvalue weighted by Crippen LogP contribution is -2.44. The Balaban J connectivity index is 1.20. The molecule has 0 aromatic heterocycles. The first-order chi connectivity index (χ1) is 20.1. The van der Waals surface area contributed by atoms with Crippen molar-refractivity contribution in [1.29, 1.82) is 0 Å². The maximum Gasteiger partial charge on any atom is 0.309 e. The molecule has 8 heteroatoms. The quantitative estimate of drug-likeness (QED) is 0.103. The summed E-state index contributed by atoms with van der Waals surface area (Å²) >= 11 is 0. The van der Waals surface area contributed by atoms with E-state index in [1.807, 2.05) is 6.08 Å². The van der Waals surface area contributed by atoms with E-state index in [0.717, 1.165) is 44.9 Å². The van der Waals surface area contributed by atoms with E-state index in [9.17, 15) is 30.3 Å². The van der Waals surface area contributed by atoms with Crippen molar-refractivity contribution in [2.24, 2.45) is 41.2 Å². The number of carboxylic acid groups (broad SMARTS) is 1. The van der Waals surface area contributed by atoms with E-state index in [4.69, 9.17) is 5.73 Å². The number of unbranched alkanes of at least 4 members (excludes halogenated alkanes) is 4. The third kappa shape index (κ3) is 7.99. The number of allylic oxidation sites excluding steroid dienone is 3. The average Bonchev–Trinajstić information content (AvgIpc) is 3.48. The fourth-order valence-corrected chi connectivity index (χ4v) is 8.46. The number of rotatable bonds is 16. The van der Waals surface area contributed by atoms with Gasteiger partial charge in [0, 0.05) is 12.5 Å². The fraction of sp³-hybridized carbons (Fsp3) is 0.794. The molecule has 1 heterocycles. The summed E-state index contributed by atoms with van der Waals surface area (Å²) in [7, 11) is 0. The summed E-state index contributed by atoms with van der Waals surface area (Å²) in [6.45, 7) is 2.88. The monoisotopic (exact) mass is 588 g/mol. The van der Waals surface area contributed by atoms with Crippen molar-refractivity contribution in [3.63, 3.8) is 0 Å². The molecule has 4 aliphatic rings. The van der Waals surface area contributed by atoms with E-state index in [-0.39, 0.29) is 42.6 Å². The van der Waals surface area contributed by atoms with Gasteiger partial charge in [-0.2, -0.15) is 0 Å². The molecule has 3 aliphatic carbocycles. The normalized spacial score (nSPS) is 35.7. The molecule has 42 heavy (non-hydrogen) atoms. The lowest BCUT2D eigenvalue weighted by Gasteiger charge is -2.34. The zero-order valence-electron chi connectivity index (χ0n) is 25.5. The molecule has 2 saturated carbocycles. The van der Waals surface area contributed by atoms with Crippen LogP contribution in [0.3, 0.4) is 0 Å². The van der Waals surface area contributed by atoms with Gasteiger partial charge in [-0.3, -0.25) is 4.79 Å². The number of aliphatic hydroxyl groups excluding tert-OH is 3. The van der Waals surface area contributed by atoms with Gasteiger partial charge in [-0.25, -0.2) is 0 Å². The van der Waals surface area contributed by atoms with E-state index in [1.165, 1.54) is 24.8 Å². The zero-order chi connectivity index (χ0) is 30.3. The second-order valence-electron chi connectivity index (χ2n) is 13.7. The SMILES string of the molecule is CCCCC[C@@H]1C=C[C@@H](CCCCC[C@H](C(=O)O)[C@H](O)CC[C@]2(O)[C@H](O)C[C@@H]3[C@H](C4=CCNC(N)=C4)CC[C@@H]32)[C@H](O)C1. The van der Waals surface area contributed by atoms with Crippen molar-refractivity contribution >= 4 is 5.97 Å². The molecule has 8 nitrogen and oxygen atoms in total. The highest BCUT2D eigenvalue weighted by molar-refractivity contribution is 5.70. The highest BCUT2D eigenvalue weighted by atomic mass is 16.4. The Hall–Kier alpha value is -1.87. The Kier molecular flexibility index (Phi) is 12.0. The predicted molar refractivity (Wildman–Crippen MR) is 164 cm³/mol. The Morgan fingerprint density at radius 2 is 1.86 bits per heavy atom. The molecule has 0 radical (unpaired) electrons. The molecule has 2 fully saturated rings. The molecule has 0 bridgehead atoms. The molecule has 238 valence electrons. The Labute approximate surface area is 252 Å². The number of fused-ring (bicyclic) bond motifs is 1. The predicted octanol–water partition coefficient (Wildman–Crippen LogP) is 4.38. The number of nitrogens with one attached hydrogen (secondary N) is 1. The van der Waals surface area contributed by atoms with Crippen LogP contribution in [0.4, 0.5) is 0 Å². The van der Waals surface area contributed by atoms with Gasteiger partial charge in [0.2, 0.25) is 0 Å². The van der Waals surface area contributed by atoms with Crippen molar-refractivity contribution in [3.05, 3.63) is 35.7 Å². The van der Waals surface area contributed by atoms with Crippen molar-refractivity contribution in [2.45, 2.75) is 127 Å². The summed E-state index contributed by atoms with van der Waals surface area (Å²) in [6.07, 6.45) is 18.3. The minimum atomic E-state index is -1.31. The highest BCUT2D eigenvalue weighted by Crippen LogP contribution is 2.56. The molecule has 10 atom stereocenters. The standard InChI is InChI=1S/C34H56N2O6/c1-2-3-5-8-22-11-12-23(30(38)19-22)9-6-4-7-10-26(33(40)41)29(37)15-17-34(42)28-14-13-25(27(28)21-31(34)39)24-16-18-36-32(35)20-24/h11-12,16,20,22-23,25-31,36-39,42H,2-10,13-15,17-19,21,35H2,1H3,(H,40,41)/t22-,23-,25+,26+,27-,28+,29-,30-,31-,34-/m1/s1. The number of dihydropyridines is 1. The highest BCUT2D eigenvalue weighted by Gasteiger charge is 2.58. The maximum atomic E-state index is 12.0. The first-order valence-corrected chi connectivity index (χ1v) is 16.7. The van der Waals surface area contributed by atoms with Gasteiger partial charge in [0.15, 0.2) is 0 Å². The number of carboxylic acids is 1. The molecule has 0 aromatic carbocycles. The number of aliphatic hydroxyl groups is 4. The smallest absolute Gasteiger partial charge is 0.309 e. The third-order valence-corrected chi connectivity index (χ3v) is 11.0. The Morgan fingerprint density at radius 1 is 1.07 bits per heavy atom. The summed E-state index contributed by atoms with van der Waals surface area (Å²) in [4.78, 5) is 12.0. The van der Waals surface area contributed by atoms with Crippen molar-refractivity contribution in [3.8, 4) is 0 Å². The van der Waals surface area contributed by atoms with E-state index >= 15 is 0 Å². The molecule has 8 N–H and O–H groups in total. The third-order valence-electron chi connectivity index (χ3n) is 11.0. The van der Waals surface area contributed by atoms with Gasteiger partial charge in [-0.1, -0.05) is 63.7 Å². The van der Waals surface area contributed by atoms with Gasteiger partial charge >= 0.3 is 5.97 Å². The second kappa shape index (κ2) is 15.2. The van der Waals surface area contributed by atoms with Crippen LogP contribution < -0.4 is 11.1 Å². The van der Waals surface area contributed by atoms with E-state index in [0.29, 0.717) is 37.5 Å². The van der Waals surface area contributed by atoms with Gasteiger partial charge in [0.25, 0.3) is 0 Å². The fourth-order valence-electron chi connectivity index (χ4n) is 8.46. The summed E-state index contributed by atoms with van der Waals surface area (Å²) in [5.41, 5.74) is 5.84. The summed E-state index contributed by atoms with van der Waals surface area (Å²) in [5.74, 6) is -0.294. The van der Waals surface area contributed by atoms with Gasteiger partial charge < -0.3 is 36.6 Å². The van der Waals surface area contributed by atoms with Gasteiger partial charge in [0.1, 0.15) is 0 Å². The van der Waals surface area contributed by atoms with Crippen molar-refractivity contribution in [1.82, 2.24) is 5.32 Å². The molecular weight excluding hydrogens is 532 g/mol. The minimum absolute atomic E-state index is 0.0748. The largest absolute Gasteiger partial charge is 0.481 e. The van der Waals surface area contributed by atoms with Crippen LogP contribution in [0.15, 0.2) is 35.7 Å². The lowest BCUT2D eigenvalue weighted by atomic mass is 9.79. The average molecular weight is 589 g/mol. The zero-order valence-corrected chi connectivity index (χ0v) is 25.5. The first kappa shape index (κ1) is 33.0. The van der Waals surface area contributed by atoms with Gasteiger partial charge in [-0.05, 0) is 93.1 Å². The number of hydrogen-bond acceptors (Lipinski definition) is 7. The number of hydrogen-bond donors (Lipinski definition) is 7. The maximum absolute atomic E-state index is 12.0. The summed E-state index contributed by atoms with van der Waals surface area (Å²) in [6, 6.07) is 0. The summed E-state index contributed by atoms with van der Waals surface area (Å²) < 4.78 is 0. The van der Waals surface area contributed by atoms with Crippen LogP contribution in [0, 0.1) is 35.5 Å². The van der Waals surface area contributed by atoms with E-state index in [1.54, 1.807) is 0 Å². The Morgan fingerprint density at radius 3 is 2.57 bits per heavy atom. The molecule has 0 saturated heterocycles. The molecule has 0 spiro atoms. The van der Waals surface area contributed by atoms with Crippen LogP contribution in [0.25, 0.3) is 0 Å². The van der Waals surface area contributed by atoms with Gasteiger partial charge in [0.05, 0.1) is 35.7 Å². The molecule has 0 unspecified atom stereocenters. The first-order valence-electron chi connectivity index (χ1n) is 16.7. The number of nitrogens with two attached hydrogens (primary N) is 1. The molecule has 4 rings (SSSR count). The van der Waals surface area contributed by atoms with Crippen LogP contribution in [0.5, 0.6) is 0 Å². The van der Waals surface area contributed by atoms with Crippen LogP contribution in [-0.2, 0) is 4.79 Å².